The molecule has 0 radical (unpaired) electrons. The average Bonchev–Trinajstić information content (AvgIpc) is 2.76. The van der Waals surface area contributed by atoms with Crippen molar-refractivity contribution < 1.29 is 8.78 Å². The molecule has 1 heterocycles. The fourth-order valence-electron chi connectivity index (χ4n) is 5.25. The van der Waals surface area contributed by atoms with Gasteiger partial charge in [0, 0.05) is 11.8 Å². The van der Waals surface area contributed by atoms with Gasteiger partial charge in [0.15, 0.2) is 11.6 Å². The predicted molar refractivity (Wildman–Crippen MR) is 110 cm³/mol. The van der Waals surface area contributed by atoms with Gasteiger partial charge in [-0.2, -0.15) is 0 Å². The Kier molecular flexibility index (Phi) is 5.89. The maximum absolute atomic E-state index is 13.5. The highest BCUT2D eigenvalue weighted by atomic mass is 19.2. The normalized spacial score (nSPS) is 28.1. The van der Waals surface area contributed by atoms with E-state index in [1.54, 1.807) is 6.07 Å². The molecular formula is C25H29F2N. The second kappa shape index (κ2) is 8.55. The summed E-state index contributed by atoms with van der Waals surface area (Å²) in [6.07, 6.45) is 14.6. The van der Waals surface area contributed by atoms with Gasteiger partial charge in [0.25, 0.3) is 0 Å². The topological polar surface area (TPSA) is 12.9 Å². The van der Waals surface area contributed by atoms with Crippen LogP contribution in [0.2, 0.25) is 0 Å². The summed E-state index contributed by atoms with van der Waals surface area (Å²) in [5.41, 5.74) is 2.58. The Morgan fingerprint density at radius 3 is 2.07 bits per heavy atom. The van der Waals surface area contributed by atoms with Crippen molar-refractivity contribution in [3.8, 4) is 11.3 Å². The second-order valence-corrected chi connectivity index (χ2v) is 8.63. The van der Waals surface area contributed by atoms with Crippen LogP contribution in [-0.2, 0) is 0 Å². The van der Waals surface area contributed by atoms with Crippen molar-refractivity contribution in [3.05, 3.63) is 66.4 Å². The summed E-state index contributed by atoms with van der Waals surface area (Å²) in [6.45, 7) is 3.96. The molecule has 0 amide bonds. The molecule has 4 rings (SSSR count). The largest absolute Gasteiger partial charge is 0.256 e. The summed E-state index contributed by atoms with van der Waals surface area (Å²) >= 11 is 0. The zero-order valence-electron chi connectivity index (χ0n) is 16.4. The third kappa shape index (κ3) is 4.19. The molecule has 0 unspecified atom stereocenters. The highest BCUT2D eigenvalue weighted by Crippen LogP contribution is 2.44. The number of halogens is 2. The third-order valence-corrected chi connectivity index (χ3v) is 7.06. The van der Waals surface area contributed by atoms with E-state index in [1.807, 2.05) is 12.3 Å². The Balaban J connectivity index is 1.34. The van der Waals surface area contributed by atoms with Crippen LogP contribution in [0.3, 0.4) is 0 Å². The van der Waals surface area contributed by atoms with Gasteiger partial charge in [-0.1, -0.05) is 12.1 Å². The summed E-state index contributed by atoms with van der Waals surface area (Å²) < 4.78 is 26.6. The number of allylic oxidation sites excluding steroid dienone is 1. The fourth-order valence-corrected chi connectivity index (χ4v) is 5.25. The van der Waals surface area contributed by atoms with Crippen LogP contribution < -0.4 is 0 Å². The Morgan fingerprint density at radius 2 is 1.50 bits per heavy atom. The Morgan fingerprint density at radius 1 is 0.821 bits per heavy atom. The number of aromatic nitrogens is 1. The molecule has 2 fully saturated rings. The first-order valence-corrected chi connectivity index (χ1v) is 10.7. The maximum Gasteiger partial charge on any atom is 0.159 e. The van der Waals surface area contributed by atoms with Crippen LogP contribution in [0.4, 0.5) is 8.78 Å². The molecule has 1 nitrogen and oxygen atoms in total. The quantitative estimate of drug-likeness (QED) is 0.507. The van der Waals surface area contributed by atoms with Crippen molar-refractivity contribution >= 4 is 0 Å². The monoisotopic (exact) mass is 381 g/mol. The Hall–Kier alpha value is -2.03. The lowest BCUT2D eigenvalue weighted by Gasteiger charge is -2.37. The molecule has 0 bridgehead atoms. The summed E-state index contributed by atoms with van der Waals surface area (Å²) in [4.78, 5) is 4.52. The van der Waals surface area contributed by atoms with Gasteiger partial charge >= 0.3 is 0 Å². The number of pyridine rings is 1. The summed E-state index contributed by atoms with van der Waals surface area (Å²) in [5, 5.41) is 0. The minimum Gasteiger partial charge on any atom is -0.256 e. The Labute approximate surface area is 166 Å². The van der Waals surface area contributed by atoms with Crippen molar-refractivity contribution in [3.63, 3.8) is 0 Å². The van der Waals surface area contributed by atoms with Crippen LogP contribution in [-0.4, -0.2) is 4.98 Å². The van der Waals surface area contributed by atoms with Crippen molar-refractivity contribution in [2.75, 3.05) is 0 Å². The first-order chi connectivity index (χ1) is 13.6. The molecule has 1 aromatic heterocycles. The van der Waals surface area contributed by atoms with Gasteiger partial charge < -0.3 is 0 Å². The van der Waals surface area contributed by atoms with E-state index in [0.29, 0.717) is 17.2 Å². The lowest BCUT2D eigenvalue weighted by molar-refractivity contribution is 0.171. The third-order valence-electron chi connectivity index (χ3n) is 7.06. The van der Waals surface area contributed by atoms with Crippen molar-refractivity contribution in [2.45, 2.75) is 57.3 Å². The van der Waals surface area contributed by atoms with E-state index in [1.165, 1.54) is 63.0 Å². The van der Waals surface area contributed by atoms with Crippen LogP contribution in [0.15, 0.2) is 49.2 Å². The van der Waals surface area contributed by atoms with E-state index in [4.69, 9.17) is 0 Å². The zero-order chi connectivity index (χ0) is 19.5. The van der Waals surface area contributed by atoms with Crippen LogP contribution in [0.25, 0.3) is 11.3 Å². The molecule has 28 heavy (non-hydrogen) atoms. The van der Waals surface area contributed by atoms with E-state index in [0.717, 1.165) is 23.8 Å². The van der Waals surface area contributed by atoms with Crippen molar-refractivity contribution in [2.24, 2.45) is 17.8 Å². The average molecular weight is 382 g/mol. The minimum absolute atomic E-state index is 0.576. The number of hydrogen-bond donors (Lipinski definition) is 0. The molecule has 3 heteroatoms. The van der Waals surface area contributed by atoms with E-state index in [2.05, 4.69) is 23.7 Å². The SMILES string of the molecule is C=CC1CCC(C2CCC(c3ccc(-c4ccc(F)c(F)c4)nc3)CC2)CC1. The highest BCUT2D eigenvalue weighted by molar-refractivity contribution is 5.59. The highest BCUT2D eigenvalue weighted by Gasteiger charge is 2.30. The van der Waals surface area contributed by atoms with E-state index >= 15 is 0 Å². The van der Waals surface area contributed by atoms with Gasteiger partial charge in [-0.25, -0.2) is 8.78 Å². The molecule has 2 aromatic rings. The van der Waals surface area contributed by atoms with Crippen LogP contribution in [0, 0.1) is 29.4 Å². The van der Waals surface area contributed by atoms with Crippen molar-refractivity contribution in [1.29, 1.82) is 0 Å². The predicted octanol–water partition coefficient (Wildman–Crippen LogP) is 7.29. The number of rotatable bonds is 4. The smallest absolute Gasteiger partial charge is 0.159 e. The Bertz CT molecular complexity index is 798. The second-order valence-electron chi connectivity index (χ2n) is 8.63. The number of hydrogen-bond acceptors (Lipinski definition) is 1. The number of benzene rings is 1. The van der Waals surface area contributed by atoms with Crippen molar-refractivity contribution in [1.82, 2.24) is 4.98 Å². The molecule has 2 aliphatic rings. The molecule has 0 saturated heterocycles. The van der Waals surface area contributed by atoms with Crippen LogP contribution in [0.5, 0.6) is 0 Å². The molecule has 0 aliphatic heterocycles. The van der Waals surface area contributed by atoms with Gasteiger partial charge in [-0.15, -0.1) is 6.58 Å². The summed E-state index contributed by atoms with van der Waals surface area (Å²) in [5.74, 6) is 1.46. The molecule has 0 spiro atoms. The van der Waals surface area contributed by atoms with E-state index < -0.39 is 11.6 Å². The first-order valence-electron chi connectivity index (χ1n) is 10.7. The molecule has 1 aromatic carbocycles. The zero-order valence-corrected chi connectivity index (χ0v) is 16.4. The standard InChI is InChI=1S/C25H29F2N/c1-2-17-3-5-18(6-4-17)19-7-9-20(10-8-19)22-12-14-25(28-16-22)21-11-13-23(26)24(27)15-21/h2,11-20H,1,3-10H2. The van der Waals surface area contributed by atoms with Crippen LogP contribution >= 0.6 is 0 Å². The molecule has 0 atom stereocenters. The maximum atomic E-state index is 13.5. The van der Waals surface area contributed by atoms with Gasteiger partial charge in [0.05, 0.1) is 5.69 Å². The van der Waals surface area contributed by atoms with Gasteiger partial charge in [-0.3, -0.25) is 4.98 Å². The van der Waals surface area contributed by atoms with Gasteiger partial charge in [0.2, 0.25) is 0 Å². The molecule has 2 aliphatic carbocycles. The van der Waals surface area contributed by atoms with Crippen LogP contribution in [0.1, 0.15) is 62.8 Å². The van der Waals surface area contributed by atoms with E-state index in [-0.39, 0.29) is 0 Å². The van der Waals surface area contributed by atoms with Gasteiger partial charge in [0.1, 0.15) is 0 Å². The lowest BCUT2D eigenvalue weighted by atomic mass is 9.68. The molecule has 148 valence electrons. The lowest BCUT2D eigenvalue weighted by Crippen LogP contribution is -2.25. The summed E-state index contributed by atoms with van der Waals surface area (Å²) in [7, 11) is 0. The van der Waals surface area contributed by atoms with Gasteiger partial charge in [-0.05, 0) is 105 Å². The summed E-state index contributed by atoms with van der Waals surface area (Å²) in [6, 6.07) is 7.99. The molecular weight excluding hydrogens is 352 g/mol. The molecule has 2 saturated carbocycles. The van der Waals surface area contributed by atoms with E-state index in [9.17, 15) is 8.78 Å². The number of nitrogens with zero attached hydrogens (tertiary/aromatic N) is 1. The minimum atomic E-state index is -0.830. The molecule has 0 N–H and O–H groups in total. The first kappa shape index (κ1) is 19.3. The fraction of sp³-hybridized carbons (Fsp3) is 0.480.